The summed E-state index contributed by atoms with van der Waals surface area (Å²) in [5, 5.41) is 8.96. The molecule has 0 saturated heterocycles. The second-order valence-corrected chi connectivity index (χ2v) is 4.28. The Morgan fingerprint density at radius 3 is 2.82 bits per heavy atom. The molecule has 0 atom stereocenters. The van der Waals surface area contributed by atoms with Crippen molar-refractivity contribution in [3.63, 3.8) is 0 Å². The molecular formula is C12H13NO4. The molecule has 0 aliphatic heterocycles. The van der Waals surface area contributed by atoms with Crippen molar-refractivity contribution in [3.05, 3.63) is 24.1 Å². The first-order chi connectivity index (χ1) is 7.88. The third-order valence-electron chi connectivity index (χ3n) is 2.35. The van der Waals surface area contributed by atoms with Gasteiger partial charge in [0.2, 0.25) is 0 Å². The van der Waals surface area contributed by atoms with E-state index >= 15 is 0 Å². The van der Waals surface area contributed by atoms with Crippen LogP contribution in [-0.2, 0) is 4.79 Å². The average molecular weight is 235 g/mol. The number of aliphatic carboxylic acids is 1. The molecule has 0 bridgehead atoms. The predicted octanol–water partition coefficient (Wildman–Crippen LogP) is 2.38. The Labute approximate surface area is 98.0 Å². The van der Waals surface area contributed by atoms with Crippen LogP contribution in [0.25, 0.3) is 11.1 Å². The van der Waals surface area contributed by atoms with Crippen LogP contribution in [0.3, 0.4) is 0 Å². The van der Waals surface area contributed by atoms with Crippen LogP contribution in [-0.4, -0.2) is 21.7 Å². The van der Waals surface area contributed by atoms with Gasteiger partial charge in [-0.3, -0.25) is 0 Å². The fraction of sp³-hybridized carbons (Fsp3) is 0.333. The van der Waals surface area contributed by atoms with Crippen LogP contribution < -0.4 is 4.74 Å². The number of aromatic nitrogens is 1. The number of carboxylic acid groups (broad SMARTS) is 1. The van der Waals surface area contributed by atoms with E-state index in [9.17, 15) is 4.79 Å². The molecule has 5 heteroatoms. The molecule has 0 radical (unpaired) electrons. The third-order valence-corrected chi connectivity index (χ3v) is 2.35. The van der Waals surface area contributed by atoms with Gasteiger partial charge in [-0.2, -0.15) is 0 Å². The van der Waals surface area contributed by atoms with Gasteiger partial charge in [-0.05, 0) is 26.0 Å². The molecule has 17 heavy (non-hydrogen) atoms. The van der Waals surface area contributed by atoms with E-state index in [1.165, 1.54) is 13.8 Å². The lowest BCUT2D eigenvalue weighted by Crippen LogP contribution is -2.37. The van der Waals surface area contributed by atoms with Gasteiger partial charge in [-0.1, -0.05) is 0 Å². The minimum atomic E-state index is -1.28. The van der Waals surface area contributed by atoms with E-state index in [0.29, 0.717) is 17.2 Å². The zero-order valence-electron chi connectivity index (χ0n) is 9.85. The summed E-state index contributed by atoms with van der Waals surface area (Å²) >= 11 is 0. The van der Waals surface area contributed by atoms with E-state index in [2.05, 4.69) is 4.98 Å². The van der Waals surface area contributed by atoms with Gasteiger partial charge in [0.15, 0.2) is 17.1 Å². The lowest BCUT2D eigenvalue weighted by molar-refractivity contribution is -0.152. The van der Waals surface area contributed by atoms with Crippen LogP contribution in [0.5, 0.6) is 5.75 Å². The van der Waals surface area contributed by atoms with Crippen molar-refractivity contribution in [1.29, 1.82) is 0 Å². The molecule has 0 fully saturated rings. The molecule has 0 amide bonds. The topological polar surface area (TPSA) is 72.6 Å². The van der Waals surface area contributed by atoms with Crippen LogP contribution in [0.1, 0.15) is 19.7 Å². The Morgan fingerprint density at radius 2 is 2.18 bits per heavy atom. The Bertz CT molecular complexity index is 571. The third kappa shape index (κ3) is 2.22. The fourth-order valence-corrected chi connectivity index (χ4v) is 1.42. The molecule has 2 aromatic rings. The van der Waals surface area contributed by atoms with Crippen molar-refractivity contribution in [3.8, 4) is 5.75 Å². The summed E-state index contributed by atoms with van der Waals surface area (Å²) in [5.74, 6) is -0.0120. The first kappa shape index (κ1) is 11.4. The summed E-state index contributed by atoms with van der Waals surface area (Å²) in [4.78, 5) is 15.1. The summed E-state index contributed by atoms with van der Waals surface area (Å²) in [6, 6.07) is 5.05. The quantitative estimate of drug-likeness (QED) is 0.884. The number of rotatable bonds is 3. The van der Waals surface area contributed by atoms with Gasteiger partial charge >= 0.3 is 5.97 Å². The highest BCUT2D eigenvalue weighted by Gasteiger charge is 2.29. The number of aryl methyl sites for hydroxylation is 1. The lowest BCUT2D eigenvalue weighted by Gasteiger charge is -2.21. The molecule has 0 aliphatic carbocycles. The number of fused-ring (bicyclic) bond motifs is 1. The number of hydrogen-bond donors (Lipinski definition) is 1. The van der Waals surface area contributed by atoms with E-state index in [1.54, 1.807) is 25.1 Å². The molecule has 1 aromatic heterocycles. The van der Waals surface area contributed by atoms with Crippen LogP contribution >= 0.6 is 0 Å². The van der Waals surface area contributed by atoms with E-state index < -0.39 is 11.6 Å². The number of nitrogens with zero attached hydrogens (tertiary/aromatic N) is 1. The number of oxazole rings is 1. The molecule has 0 aliphatic rings. The molecule has 0 unspecified atom stereocenters. The van der Waals surface area contributed by atoms with E-state index in [0.717, 1.165) is 5.52 Å². The summed E-state index contributed by atoms with van der Waals surface area (Å²) in [6.07, 6.45) is 0. The van der Waals surface area contributed by atoms with Crippen LogP contribution in [0.2, 0.25) is 0 Å². The number of benzene rings is 1. The maximum absolute atomic E-state index is 10.9. The molecule has 90 valence electrons. The lowest BCUT2D eigenvalue weighted by atomic mass is 10.1. The molecule has 1 aromatic carbocycles. The van der Waals surface area contributed by atoms with Gasteiger partial charge in [0.1, 0.15) is 11.3 Å². The highest BCUT2D eigenvalue weighted by atomic mass is 16.5. The largest absolute Gasteiger partial charge is 0.478 e. The number of carbonyl (C=O) groups is 1. The van der Waals surface area contributed by atoms with Crippen molar-refractivity contribution in [2.45, 2.75) is 26.4 Å². The maximum Gasteiger partial charge on any atom is 0.347 e. The van der Waals surface area contributed by atoms with E-state index in [1.807, 2.05) is 0 Å². The van der Waals surface area contributed by atoms with Crippen molar-refractivity contribution < 1.29 is 19.1 Å². The number of hydrogen-bond acceptors (Lipinski definition) is 4. The number of carboxylic acids is 1. The molecule has 0 saturated carbocycles. The Morgan fingerprint density at radius 1 is 1.47 bits per heavy atom. The van der Waals surface area contributed by atoms with Crippen molar-refractivity contribution in [2.75, 3.05) is 0 Å². The minimum absolute atomic E-state index is 0.445. The predicted molar refractivity (Wildman–Crippen MR) is 61.1 cm³/mol. The summed E-state index contributed by atoms with van der Waals surface area (Å²) in [5.41, 5.74) is 0.0344. The monoisotopic (exact) mass is 235 g/mol. The molecule has 1 heterocycles. The summed E-state index contributed by atoms with van der Waals surface area (Å²) in [7, 11) is 0. The van der Waals surface area contributed by atoms with Crippen molar-refractivity contribution in [2.24, 2.45) is 0 Å². The van der Waals surface area contributed by atoms with Gasteiger partial charge < -0.3 is 14.3 Å². The second kappa shape index (κ2) is 3.76. The molecular weight excluding hydrogens is 222 g/mol. The zero-order chi connectivity index (χ0) is 12.6. The minimum Gasteiger partial charge on any atom is -0.478 e. The van der Waals surface area contributed by atoms with E-state index in [4.69, 9.17) is 14.3 Å². The van der Waals surface area contributed by atoms with Gasteiger partial charge in [0.05, 0.1) is 0 Å². The summed E-state index contributed by atoms with van der Waals surface area (Å²) < 4.78 is 10.7. The standard InChI is InChI=1S/C12H13NO4/c1-7-13-9-5-4-8(6-10(9)16-7)17-12(2,3)11(14)15/h4-6H,1-3H3,(H,14,15). The van der Waals surface area contributed by atoms with Crippen LogP contribution in [0.15, 0.2) is 22.6 Å². The molecule has 2 rings (SSSR count). The van der Waals surface area contributed by atoms with Crippen molar-refractivity contribution in [1.82, 2.24) is 4.98 Å². The van der Waals surface area contributed by atoms with Gasteiger partial charge in [-0.15, -0.1) is 0 Å². The van der Waals surface area contributed by atoms with Crippen LogP contribution in [0.4, 0.5) is 0 Å². The maximum atomic E-state index is 10.9. The highest BCUT2D eigenvalue weighted by molar-refractivity contribution is 5.78. The Hall–Kier alpha value is -2.04. The highest BCUT2D eigenvalue weighted by Crippen LogP contribution is 2.24. The zero-order valence-corrected chi connectivity index (χ0v) is 9.85. The Kier molecular flexibility index (Phi) is 2.53. The fourth-order valence-electron chi connectivity index (χ4n) is 1.42. The second-order valence-electron chi connectivity index (χ2n) is 4.28. The van der Waals surface area contributed by atoms with E-state index in [-0.39, 0.29) is 0 Å². The molecule has 5 nitrogen and oxygen atoms in total. The first-order valence-electron chi connectivity index (χ1n) is 5.18. The smallest absolute Gasteiger partial charge is 0.347 e. The normalized spacial score (nSPS) is 11.7. The average Bonchev–Trinajstić information content (AvgIpc) is 2.56. The number of ether oxygens (including phenoxy) is 1. The van der Waals surface area contributed by atoms with Gasteiger partial charge in [0.25, 0.3) is 0 Å². The van der Waals surface area contributed by atoms with Crippen LogP contribution in [0, 0.1) is 6.92 Å². The molecule has 0 spiro atoms. The summed E-state index contributed by atoms with van der Waals surface area (Å²) in [6.45, 7) is 4.73. The van der Waals surface area contributed by atoms with Crippen molar-refractivity contribution >= 4 is 17.1 Å². The SMILES string of the molecule is Cc1nc2ccc(OC(C)(C)C(=O)O)cc2o1. The van der Waals surface area contributed by atoms with Gasteiger partial charge in [-0.25, -0.2) is 9.78 Å². The first-order valence-corrected chi connectivity index (χ1v) is 5.18. The van der Waals surface area contributed by atoms with Gasteiger partial charge in [0, 0.05) is 13.0 Å². The Balaban J connectivity index is 2.34. The molecule has 1 N–H and O–H groups in total.